The van der Waals surface area contributed by atoms with Gasteiger partial charge in [-0.25, -0.2) is 4.98 Å². The summed E-state index contributed by atoms with van der Waals surface area (Å²) in [6.07, 6.45) is 1.63. The Hall–Kier alpha value is -3.60. The summed E-state index contributed by atoms with van der Waals surface area (Å²) in [5, 5.41) is 5.36. The maximum absolute atomic E-state index is 12.7. The number of hydrogen-bond donors (Lipinski definition) is 2. The number of nitrogens with zero attached hydrogens (tertiary/aromatic N) is 2. The van der Waals surface area contributed by atoms with E-state index < -0.39 is 0 Å². The van der Waals surface area contributed by atoms with Crippen LogP contribution < -0.4 is 5.32 Å². The van der Waals surface area contributed by atoms with E-state index >= 15 is 0 Å². The molecule has 0 spiro atoms. The molecule has 0 aliphatic heterocycles. The molecule has 2 aromatic heterocycles. The number of benzene rings is 3. The number of imidazole rings is 1. The predicted molar refractivity (Wildman–Crippen MR) is 109 cm³/mol. The van der Waals surface area contributed by atoms with Crippen molar-refractivity contribution in [3.05, 3.63) is 72.6 Å². The van der Waals surface area contributed by atoms with E-state index in [4.69, 9.17) is 0 Å². The van der Waals surface area contributed by atoms with Gasteiger partial charge in [-0.2, -0.15) is 0 Å². The zero-order chi connectivity index (χ0) is 18.4. The Morgan fingerprint density at radius 1 is 1.04 bits per heavy atom. The average Bonchev–Trinajstić information content (AvgIpc) is 3.29. The van der Waals surface area contributed by atoms with Gasteiger partial charge in [-0.1, -0.05) is 18.2 Å². The summed E-state index contributed by atoms with van der Waals surface area (Å²) < 4.78 is 2.29. The smallest absolute Gasteiger partial charge is 0.255 e. The van der Waals surface area contributed by atoms with Gasteiger partial charge < -0.3 is 14.9 Å². The Kier molecular flexibility index (Phi) is 3.47. The van der Waals surface area contributed by atoms with Crippen molar-refractivity contribution in [1.82, 2.24) is 14.5 Å². The molecule has 27 heavy (non-hydrogen) atoms. The van der Waals surface area contributed by atoms with Crippen LogP contribution in [0.5, 0.6) is 0 Å². The van der Waals surface area contributed by atoms with Gasteiger partial charge in [0.2, 0.25) is 0 Å². The van der Waals surface area contributed by atoms with Crippen molar-refractivity contribution in [2.45, 2.75) is 13.5 Å². The second kappa shape index (κ2) is 5.99. The maximum atomic E-state index is 12.7. The zero-order valence-electron chi connectivity index (χ0n) is 14.9. The van der Waals surface area contributed by atoms with Crippen molar-refractivity contribution in [2.75, 3.05) is 5.32 Å². The molecule has 0 saturated heterocycles. The number of carbonyl (C=O) groups excluding carboxylic acids is 1. The Balaban J connectivity index is 1.55. The van der Waals surface area contributed by atoms with Gasteiger partial charge in [-0.05, 0) is 49.4 Å². The first-order valence-corrected chi connectivity index (χ1v) is 9.00. The normalized spacial score (nSPS) is 11.4. The molecule has 5 nitrogen and oxygen atoms in total. The SMILES string of the molecule is CCn1c2ccccc2c2cc(NC(=O)c3ccc4nc[nH]c4c3)ccc21. The molecule has 0 aliphatic carbocycles. The molecule has 0 atom stereocenters. The number of aromatic amines is 1. The Morgan fingerprint density at radius 3 is 2.78 bits per heavy atom. The molecule has 2 heterocycles. The lowest BCUT2D eigenvalue weighted by Gasteiger charge is -2.07. The van der Waals surface area contributed by atoms with E-state index in [0.717, 1.165) is 28.7 Å². The summed E-state index contributed by atoms with van der Waals surface area (Å²) in [5.41, 5.74) is 5.47. The largest absolute Gasteiger partial charge is 0.345 e. The van der Waals surface area contributed by atoms with Gasteiger partial charge in [-0.15, -0.1) is 0 Å². The van der Waals surface area contributed by atoms with Crippen LogP contribution in [0.4, 0.5) is 5.69 Å². The van der Waals surface area contributed by atoms with Crippen LogP contribution >= 0.6 is 0 Å². The lowest BCUT2D eigenvalue weighted by molar-refractivity contribution is 0.102. The summed E-state index contributed by atoms with van der Waals surface area (Å²) in [7, 11) is 0. The van der Waals surface area contributed by atoms with Crippen LogP contribution in [0.3, 0.4) is 0 Å². The number of amides is 1. The Morgan fingerprint density at radius 2 is 1.89 bits per heavy atom. The fourth-order valence-electron chi connectivity index (χ4n) is 3.75. The molecule has 1 amide bonds. The lowest BCUT2D eigenvalue weighted by Crippen LogP contribution is -2.11. The highest BCUT2D eigenvalue weighted by Crippen LogP contribution is 2.31. The van der Waals surface area contributed by atoms with Gasteiger partial charge >= 0.3 is 0 Å². The fourth-order valence-corrected chi connectivity index (χ4v) is 3.75. The van der Waals surface area contributed by atoms with Crippen molar-refractivity contribution >= 4 is 44.4 Å². The van der Waals surface area contributed by atoms with Crippen molar-refractivity contribution in [3.8, 4) is 0 Å². The summed E-state index contributed by atoms with van der Waals surface area (Å²) in [5.74, 6) is -0.134. The highest BCUT2D eigenvalue weighted by Gasteiger charge is 2.12. The number of aromatic nitrogens is 3. The van der Waals surface area contributed by atoms with Gasteiger partial charge in [0.15, 0.2) is 0 Å². The summed E-state index contributed by atoms with van der Waals surface area (Å²) in [4.78, 5) is 19.9. The number of nitrogens with one attached hydrogen (secondary N) is 2. The first kappa shape index (κ1) is 15.6. The minimum atomic E-state index is -0.134. The van der Waals surface area contributed by atoms with Crippen molar-refractivity contribution in [1.29, 1.82) is 0 Å². The number of hydrogen-bond acceptors (Lipinski definition) is 2. The second-order valence-electron chi connectivity index (χ2n) is 6.58. The number of para-hydroxylation sites is 1. The number of anilines is 1. The highest BCUT2D eigenvalue weighted by atomic mass is 16.1. The molecule has 5 aromatic rings. The van der Waals surface area contributed by atoms with Crippen LogP contribution in [0, 0.1) is 0 Å². The summed E-state index contributed by atoms with van der Waals surface area (Å²) in [6, 6.07) is 19.9. The standard InChI is InChI=1S/C22H18N4O/c1-2-26-20-6-4-3-5-16(20)17-12-15(8-10-21(17)26)25-22(27)14-7-9-18-19(11-14)24-13-23-18/h3-13H,2H2,1H3,(H,23,24)(H,25,27). The third kappa shape index (κ3) is 2.47. The number of fused-ring (bicyclic) bond motifs is 4. The molecule has 3 aromatic carbocycles. The van der Waals surface area contributed by atoms with Crippen molar-refractivity contribution in [2.24, 2.45) is 0 Å². The summed E-state index contributed by atoms with van der Waals surface area (Å²) >= 11 is 0. The topological polar surface area (TPSA) is 62.7 Å². The van der Waals surface area contributed by atoms with Crippen LogP contribution in [-0.2, 0) is 6.54 Å². The number of aryl methyl sites for hydroxylation is 1. The van der Waals surface area contributed by atoms with Gasteiger partial charge in [0.1, 0.15) is 0 Å². The fraction of sp³-hybridized carbons (Fsp3) is 0.0909. The van der Waals surface area contributed by atoms with Crippen LogP contribution in [0.15, 0.2) is 67.0 Å². The van der Waals surface area contributed by atoms with Gasteiger partial charge in [-0.3, -0.25) is 4.79 Å². The van der Waals surface area contributed by atoms with E-state index in [1.165, 1.54) is 16.4 Å². The molecule has 0 saturated carbocycles. The molecule has 0 fully saturated rings. The quantitative estimate of drug-likeness (QED) is 0.482. The minimum Gasteiger partial charge on any atom is -0.345 e. The van der Waals surface area contributed by atoms with E-state index in [-0.39, 0.29) is 5.91 Å². The number of carbonyl (C=O) groups is 1. The van der Waals surface area contributed by atoms with Crippen LogP contribution in [0.2, 0.25) is 0 Å². The molecule has 0 unspecified atom stereocenters. The third-order valence-corrected chi connectivity index (χ3v) is 5.03. The van der Waals surface area contributed by atoms with E-state index in [1.807, 2.05) is 24.3 Å². The monoisotopic (exact) mass is 354 g/mol. The maximum Gasteiger partial charge on any atom is 0.255 e. The van der Waals surface area contributed by atoms with Crippen molar-refractivity contribution in [3.63, 3.8) is 0 Å². The first-order chi connectivity index (χ1) is 13.2. The predicted octanol–water partition coefficient (Wildman–Crippen LogP) is 4.94. The van der Waals surface area contributed by atoms with Gasteiger partial charge in [0.25, 0.3) is 5.91 Å². The second-order valence-corrected chi connectivity index (χ2v) is 6.58. The van der Waals surface area contributed by atoms with Gasteiger partial charge in [0.05, 0.1) is 17.4 Å². The summed E-state index contributed by atoms with van der Waals surface area (Å²) in [6.45, 7) is 3.05. The molecule has 132 valence electrons. The van der Waals surface area contributed by atoms with E-state index in [1.54, 1.807) is 12.4 Å². The molecule has 0 aliphatic rings. The number of rotatable bonds is 3. The molecule has 5 heteroatoms. The van der Waals surface area contributed by atoms with E-state index in [9.17, 15) is 4.79 Å². The highest BCUT2D eigenvalue weighted by molar-refractivity contribution is 6.11. The minimum absolute atomic E-state index is 0.134. The van der Waals surface area contributed by atoms with E-state index in [2.05, 4.69) is 57.1 Å². The first-order valence-electron chi connectivity index (χ1n) is 9.00. The average molecular weight is 354 g/mol. The molecular formula is C22H18N4O. The molecule has 0 bridgehead atoms. The number of H-pyrrole nitrogens is 1. The lowest BCUT2D eigenvalue weighted by atomic mass is 10.1. The van der Waals surface area contributed by atoms with Crippen LogP contribution in [0.25, 0.3) is 32.8 Å². The molecular weight excluding hydrogens is 336 g/mol. The molecule has 5 rings (SSSR count). The Labute approximate surface area is 155 Å². The Bertz CT molecular complexity index is 1310. The van der Waals surface area contributed by atoms with E-state index in [0.29, 0.717) is 5.56 Å². The van der Waals surface area contributed by atoms with Crippen molar-refractivity contribution < 1.29 is 4.79 Å². The molecule has 0 radical (unpaired) electrons. The third-order valence-electron chi connectivity index (χ3n) is 5.03. The van der Waals surface area contributed by atoms with Crippen LogP contribution in [0.1, 0.15) is 17.3 Å². The molecule has 2 N–H and O–H groups in total. The van der Waals surface area contributed by atoms with Crippen LogP contribution in [-0.4, -0.2) is 20.4 Å². The van der Waals surface area contributed by atoms with Gasteiger partial charge in [0, 0.05) is 39.6 Å². The zero-order valence-corrected chi connectivity index (χ0v) is 14.9.